The first-order valence-electron chi connectivity index (χ1n) is 11.1. The van der Waals surface area contributed by atoms with Crippen LogP contribution in [0.15, 0.2) is 54.7 Å². The van der Waals surface area contributed by atoms with Crippen molar-refractivity contribution in [3.05, 3.63) is 75.7 Å². The van der Waals surface area contributed by atoms with Crippen LogP contribution in [0.5, 0.6) is 0 Å². The third-order valence-electron chi connectivity index (χ3n) is 6.29. The number of alkyl carbamates (subject to hydrolysis) is 1. The van der Waals surface area contributed by atoms with E-state index in [1.54, 1.807) is 0 Å². The summed E-state index contributed by atoms with van der Waals surface area (Å²) in [6.07, 6.45) is 1.99. The lowest BCUT2D eigenvalue weighted by molar-refractivity contribution is -0.141. The highest BCUT2D eigenvalue weighted by atomic mass is 32.1. The van der Waals surface area contributed by atoms with E-state index in [1.165, 1.54) is 11.1 Å². The van der Waals surface area contributed by atoms with Crippen molar-refractivity contribution in [3.8, 4) is 11.1 Å². The Morgan fingerprint density at radius 1 is 1.09 bits per heavy atom. The number of nitrogens with one attached hydrogen (secondary N) is 1. The number of amides is 2. The molecular formula is C25H23N3O5S. The van der Waals surface area contributed by atoms with Gasteiger partial charge in [-0.1, -0.05) is 48.5 Å². The minimum Gasteiger partial charge on any atom is -0.480 e. The second-order valence-electron chi connectivity index (χ2n) is 8.29. The molecule has 1 atom stereocenters. The Morgan fingerprint density at radius 2 is 1.76 bits per heavy atom. The second kappa shape index (κ2) is 9.26. The summed E-state index contributed by atoms with van der Waals surface area (Å²) in [5.74, 6) is -1.35. The maximum Gasteiger partial charge on any atom is 0.407 e. The van der Waals surface area contributed by atoms with E-state index in [0.29, 0.717) is 29.3 Å². The number of likely N-dealkylation sites (tertiary alicyclic amines) is 1. The molecule has 34 heavy (non-hydrogen) atoms. The number of hydrogen-bond donors (Lipinski definition) is 2. The minimum absolute atomic E-state index is 0.0233. The van der Waals surface area contributed by atoms with Gasteiger partial charge in [0.15, 0.2) is 0 Å². The van der Waals surface area contributed by atoms with E-state index in [1.807, 2.05) is 24.3 Å². The van der Waals surface area contributed by atoms with Gasteiger partial charge in [0.05, 0.1) is 12.7 Å². The van der Waals surface area contributed by atoms with Crippen molar-refractivity contribution in [2.24, 2.45) is 0 Å². The van der Waals surface area contributed by atoms with Crippen LogP contribution in [0.2, 0.25) is 0 Å². The first-order valence-corrected chi connectivity index (χ1v) is 11.9. The topological polar surface area (TPSA) is 109 Å². The number of fused-ring (bicyclic) bond motifs is 3. The van der Waals surface area contributed by atoms with Crippen molar-refractivity contribution < 1.29 is 24.2 Å². The lowest BCUT2D eigenvalue weighted by Crippen LogP contribution is -2.40. The van der Waals surface area contributed by atoms with Crippen molar-refractivity contribution in [2.45, 2.75) is 31.3 Å². The number of benzene rings is 2. The summed E-state index contributed by atoms with van der Waals surface area (Å²) in [6.45, 7) is 0.755. The number of carboxylic acid groups (broad SMARTS) is 1. The molecule has 8 nitrogen and oxygen atoms in total. The van der Waals surface area contributed by atoms with Crippen LogP contribution in [0.3, 0.4) is 0 Å². The smallest absolute Gasteiger partial charge is 0.407 e. The normalized spacial score (nSPS) is 16.7. The van der Waals surface area contributed by atoms with Gasteiger partial charge in [-0.05, 0) is 35.1 Å². The van der Waals surface area contributed by atoms with Gasteiger partial charge in [-0.25, -0.2) is 14.6 Å². The molecule has 2 aliphatic rings. The van der Waals surface area contributed by atoms with E-state index >= 15 is 0 Å². The molecule has 5 rings (SSSR count). The Morgan fingerprint density at radius 3 is 2.44 bits per heavy atom. The SMILES string of the molecule is O=C(NCc1ncc(C(=O)N2CCCC2C(=O)O)s1)OCC1c2ccccc2-c2ccccc21. The van der Waals surface area contributed by atoms with Crippen LogP contribution in [0.1, 0.15) is 44.6 Å². The molecule has 1 fully saturated rings. The average molecular weight is 478 g/mol. The predicted octanol–water partition coefficient (Wildman–Crippen LogP) is 3.87. The van der Waals surface area contributed by atoms with Gasteiger partial charge in [0.1, 0.15) is 22.5 Å². The maximum atomic E-state index is 12.7. The quantitative estimate of drug-likeness (QED) is 0.558. The highest BCUT2D eigenvalue weighted by molar-refractivity contribution is 7.13. The molecule has 1 aliphatic heterocycles. The Bertz CT molecular complexity index is 1210. The van der Waals surface area contributed by atoms with Gasteiger partial charge in [0, 0.05) is 12.5 Å². The first kappa shape index (κ1) is 22.1. The summed E-state index contributed by atoms with van der Waals surface area (Å²) in [4.78, 5) is 42.3. The molecular weight excluding hydrogens is 454 g/mol. The minimum atomic E-state index is -0.993. The third kappa shape index (κ3) is 4.14. The zero-order valence-electron chi connectivity index (χ0n) is 18.3. The highest BCUT2D eigenvalue weighted by Gasteiger charge is 2.35. The number of carboxylic acids is 1. The molecule has 1 unspecified atom stereocenters. The fourth-order valence-electron chi connectivity index (χ4n) is 4.70. The molecule has 0 spiro atoms. The molecule has 2 amide bonds. The molecule has 0 saturated carbocycles. The van der Waals surface area contributed by atoms with E-state index in [4.69, 9.17) is 4.74 Å². The fraction of sp³-hybridized carbons (Fsp3) is 0.280. The Kier molecular flexibility index (Phi) is 6.02. The van der Waals surface area contributed by atoms with Crippen LogP contribution in [-0.4, -0.2) is 52.2 Å². The number of carbonyl (C=O) groups is 3. The molecule has 174 valence electrons. The first-order chi connectivity index (χ1) is 16.5. The van der Waals surface area contributed by atoms with Crippen LogP contribution in [0.25, 0.3) is 11.1 Å². The van der Waals surface area contributed by atoms with Crippen LogP contribution in [0, 0.1) is 0 Å². The molecule has 9 heteroatoms. The monoisotopic (exact) mass is 477 g/mol. The van der Waals surface area contributed by atoms with E-state index in [0.717, 1.165) is 33.6 Å². The Hall–Kier alpha value is -3.72. The van der Waals surface area contributed by atoms with Crippen molar-refractivity contribution in [1.82, 2.24) is 15.2 Å². The lowest BCUT2D eigenvalue weighted by atomic mass is 9.98. The van der Waals surface area contributed by atoms with Crippen molar-refractivity contribution in [3.63, 3.8) is 0 Å². The number of ether oxygens (including phenoxy) is 1. The van der Waals surface area contributed by atoms with Crippen LogP contribution < -0.4 is 5.32 Å². The van der Waals surface area contributed by atoms with Crippen molar-refractivity contribution >= 4 is 29.3 Å². The van der Waals surface area contributed by atoms with Crippen LogP contribution in [0.4, 0.5) is 4.79 Å². The largest absolute Gasteiger partial charge is 0.480 e. The summed E-state index contributed by atoms with van der Waals surface area (Å²) < 4.78 is 5.52. The zero-order chi connectivity index (χ0) is 23.7. The third-order valence-corrected chi connectivity index (χ3v) is 7.28. The highest BCUT2D eigenvalue weighted by Crippen LogP contribution is 2.44. The fourth-order valence-corrected chi connectivity index (χ4v) is 5.51. The molecule has 0 radical (unpaired) electrons. The molecule has 0 bridgehead atoms. The number of aromatic nitrogens is 1. The summed E-state index contributed by atoms with van der Waals surface area (Å²) in [5, 5.41) is 12.5. The number of hydrogen-bond acceptors (Lipinski definition) is 6. The van der Waals surface area contributed by atoms with E-state index in [2.05, 4.69) is 34.6 Å². The van der Waals surface area contributed by atoms with Gasteiger partial charge in [-0.2, -0.15) is 0 Å². The predicted molar refractivity (Wildman–Crippen MR) is 126 cm³/mol. The standard InChI is InChI=1S/C25H23N3O5S/c29-23(28-11-5-10-20(28)24(30)31)21-12-26-22(34-21)13-27-25(32)33-14-19-17-8-3-1-6-15(17)16-7-2-4-9-18(16)19/h1-4,6-9,12,19-20H,5,10-11,13-14H2,(H,27,32)(H,30,31). The van der Waals surface area contributed by atoms with Gasteiger partial charge in [-0.15, -0.1) is 11.3 Å². The summed E-state index contributed by atoms with van der Waals surface area (Å²) in [6, 6.07) is 15.5. The molecule has 2 aromatic carbocycles. The van der Waals surface area contributed by atoms with E-state index in [9.17, 15) is 19.5 Å². The number of thiazole rings is 1. The molecule has 1 aromatic heterocycles. The van der Waals surface area contributed by atoms with Crippen molar-refractivity contribution in [1.29, 1.82) is 0 Å². The van der Waals surface area contributed by atoms with Crippen LogP contribution >= 0.6 is 11.3 Å². The van der Waals surface area contributed by atoms with Gasteiger partial charge >= 0.3 is 12.1 Å². The van der Waals surface area contributed by atoms with Gasteiger partial charge < -0.3 is 20.1 Å². The van der Waals surface area contributed by atoms with Crippen molar-refractivity contribution in [2.75, 3.05) is 13.2 Å². The molecule has 3 aromatic rings. The number of rotatable bonds is 6. The number of aliphatic carboxylic acids is 1. The molecule has 1 aliphatic carbocycles. The Labute approximate surface area is 200 Å². The zero-order valence-corrected chi connectivity index (χ0v) is 19.1. The molecule has 2 N–H and O–H groups in total. The average Bonchev–Trinajstić information content (AvgIpc) is 3.59. The molecule has 2 heterocycles. The van der Waals surface area contributed by atoms with E-state index in [-0.39, 0.29) is 25.0 Å². The second-order valence-corrected chi connectivity index (χ2v) is 9.41. The van der Waals surface area contributed by atoms with Gasteiger partial charge in [0.2, 0.25) is 0 Å². The summed E-state index contributed by atoms with van der Waals surface area (Å²) in [7, 11) is 0. The lowest BCUT2D eigenvalue weighted by Gasteiger charge is -2.20. The Balaban J connectivity index is 1.17. The summed E-state index contributed by atoms with van der Waals surface area (Å²) >= 11 is 1.14. The van der Waals surface area contributed by atoms with Gasteiger partial charge in [-0.3, -0.25) is 4.79 Å². The maximum absolute atomic E-state index is 12.7. The number of nitrogens with zero attached hydrogens (tertiary/aromatic N) is 2. The summed E-state index contributed by atoms with van der Waals surface area (Å²) in [5.41, 5.74) is 4.60. The molecule has 1 saturated heterocycles. The van der Waals surface area contributed by atoms with E-state index < -0.39 is 18.1 Å². The van der Waals surface area contributed by atoms with Gasteiger partial charge in [0.25, 0.3) is 5.91 Å². The van der Waals surface area contributed by atoms with Crippen LogP contribution in [-0.2, 0) is 16.1 Å². The number of carbonyl (C=O) groups excluding carboxylic acids is 2.